The van der Waals surface area contributed by atoms with Gasteiger partial charge in [-0.1, -0.05) is 37.8 Å². The van der Waals surface area contributed by atoms with E-state index in [4.69, 9.17) is 10.5 Å². The van der Waals surface area contributed by atoms with Crippen LogP contribution in [-0.4, -0.2) is 6.61 Å². The van der Waals surface area contributed by atoms with Crippen molar-refractivity contribution in [2.45, 2.75) is 57.9 Å². The van der Waals surface area contributed by atoms with Crippen molar-refractivity contribution < 1.29 is 4.74 Å². The summed E-state index contributed by atoms with van der Waals surface area (Å²) in [7, 11) is 0. The van der Waals surface area contributed by atoms with Gasteiger partial charge < -0.3 is 10.5 Å². The van der Waals surface area contributed by atoms with Crippen molar-refractivity contribution in [1.29, 1.82) is 0 Å². The first kappa shape index (κ1) is 14.9. The molecule has 2 aliphatic carbocycles. The Bertz CT molecular complexity index is 459. The molecule has 3 rings (SSSR count). The molecule has 2 fully saturated rings. The van der Waals surface area contributed by atoms with Crippen LogP contribution in [0.4, 0.5) is 0 Å². The van der Waals surface area contributed by atoms with Gasteiger partial charge >= 0.3 is 0 Å². The number of rotatable bonds is 4. The number of fused-ring (bicyclic) bond motifs is 1. The molecule has 0 bridgehead atoms. The van der Waals surface area contributed by atoms with Gasteiger partial charge in [-0.3, -0.25) is 0 Å². The fourth-order valence-corrected chi connectivity index (χ4v) is 4.49. The third-order valence-electron chi connectivity index (χ3n) is 5.64. The van der Waals surface area contributed by atoms with Crippen LogP contribution in [-0.2, 0) is 0 Å². The Morgan fingerprint density at radius 3 is 2.76 bits per heavy atom. The number of ether oxygens (including phenoxy) is 1. The highest BCUT2D eigenvalue weighted by Crippen LogP contribution is 2.45. The largest absolute Gasteiger partial charge is 0.494 e. The summed E-state index contributed by atoms with van der Waals surface area (Å²) in [6, 6.07) is 8.58. The van der Waals surface area contributed by atoms with Crippen LogP contribution in [0.3, 0.4) is 0 Å². The van der Waals surface area contributed by atoms with Crippen LogP contribution >= 0.6 is 0 Å². The van der Waals surface area contributed by atoms with E-state index in [1.165, 1.54) is 50.5 Å². The van der Waals surface area contributed by atoms with Gasteiger partial charge in [0.05, 0.1) is 6.61 Å². The lowest BCUT2D eigenvalue weighted by Gasteiger charge is -2.41. The molecule has 2 saturated carbocycles. The summed E-state index contributed by atoms with van der Waals surface area (Å²) in [6.45, 7) is 2.74. The van der Waals surface area contributed by atoms with Crippen LogP contribution in [0.2, 0.25) is 0 Å². The van der Waals surface area contributed by atoms with Gasteiger partial charge in [-0.2, -0.15) is 0 Å². The van der Waals surface area contributed by atoms with Crippen LogP contribution in [0.15, 0.2) is 24.3 Å². The highest BCUT2D eigenvalue weighted by molar-refractivity contribution is 5.30. The molecule has 21 heavy (non-hydrogen) atoms. The lowest BCUT2D eigenvalue weighted by molar-refractivity contribution is 0.117. The maximum Gasteiger partial charge on any atom is 0.119 e. The third kappa shape index (κ3) is 3.42. The van der Waals surface area contributed by atoms with Gasteiger partial charge in [0, 0.05) is 6.04 Å². The maximum absolute atomic E-state index is 6.60. The molecule has 0 amide bonds. The highest BCUT2D eigenvalue weighted by Gasteiger charge is 2.34. The standard InChI is InChI=1S/C19H29NO/c1-2-21-18-9-5-8-16(13-18)19(20)17-11-10-14-6-3-4-7-15(14)12-17/h5,8-9,13-15,17,19H,2-4,6-7,10-12,20H2,1H3. The predicted molar refractivity (Wildman–Crippen MR) is 87.3 cm³/mol. The smallest absolute Gasteiger partial charge is 0.119 e. The minimum atomic E-state index is 0.174. The first-order valence-corrected chi connectivity index (χ1v) is 8.76. The second-order valence-electron chi connectivity index (χ2n) is 6.91. The molecule has 2 nitrogen and oxygen atoms in total. The molecular formula is C19H29NO. The molecule has 0 radical (unpaired) electrons. The second-order valence-corrected chi connectivity index (χ2v) is 6.91. The van der Waals surface area contributed by atoms with E-state index >= 15 is 0 Å². The number of hydrogen-bond donors (Lipinski definition) is 1. The molecule has 0 heterocycles. The first-order chi connectivity index (χ1) is 10.3. The van der Waals surface area contributed by atoms with Gasteiger partial charge in [0.2, 0.25) is 0 Å². The van der Waals surface area contributed by atoms with Crippen LogP contribution in [0.5, 0.6) is 5.75 Å². The van der Waals surface area contributed by atoms with Crippen LogP contribution in [0, 0.1) is 17.8 Å². The molecule has 116 valence electrons. The first-order valence-electron chi connectivity index (χ1n) is 8.76. The highest BCUT2D eigenvalue weighted by atomic mass is 16.5. The number of benzene rings is 1. The van der Waals surface area contributed by atoms with Gasteiger partial charge in [0.15, 0.2) is 0 Å². The van der Waals surface area contributed by atoms with E-state index in [0.717, 1.165) is 17.6 Å². The summed E-state index contributed by atoms with van der Waals surface area (Å²) >= 11 is 0. The quantitative estimate of drug-likeness (QED) is 0.871. The summed E-state index contributed by atoms with van der Waals surface area (Å²) in [6.07, 6.45) is 9.83. The van der Waals surface area contributed by atoms with E-state index < -0.39 is 0 Å². The van der Waals surface area contributed by atoms with Crippen molar-refractivity contribution in [1.82, 2.24) is 0 Å². The zero-order valence-electron chi connectivity index (χ0n) is 13.3. The molecular weight excluding hydrogens is 258 g/mol. The molecule has 0 spiro atoms. The molecule has 4 atom stereocenters. The maximum atomic E-state index is 6.60. The van der Waals surface area contributed by atoms with Crippen molar-refractivity contribution in [3.63, 3.8) is 0 Å². The summed E-state index contributed by atoms with van der Waals surface area (Å²) in [5.41, 5.74) is 7.85. The van der Waals surface area contributed by atoms with Crippen LogP contribution in [0.1, 0.15) is 63.5 Å². The summed E-state index contributed by atoms with van der Waals surface area (Å²) in [5.74, 6) is 3.55. The lowest BCUT2D eigenvalue weighted by Crippen LogP contribution is -2.33. The number of hydrogen-bond acceptors (Lipinski definition) is 2. The van der Waals surface area contributed by atoms with Gasteiger partial charge in [0.1, 0.15) is 5.75 Å². The molecule has 0 saturated heterocycles. The topological polar surface area (TPSA) is 35.2 Å². The van der Waals surface area contributed by atoms with Gasteiger partial charge in [-0.05, 0) is 61.6 Å². The Morgan fingerprint density at radius 2 is 1.95 bits per heavy atom. The minimum absolute atomic E-state index is 0.174. The van der Waals surface area contributed by atoms with Crippen LogP contribution in [0.25, 0.3) is 0 Å². The lowest BCUT2D eigenvalue weighted by atomic mass is 9.65. The van der Waals surface area contributed by atoms with Gasteiger partial charge in [-0.15, -0.1) is 0 Å². The number of nitrogens with two attached hydrogens (primary N) is 1. The fraction of sp³-hybridized carbons (Fsp3) is 0.684. The summed E-state index contributed by atoms with van der Waals surface area (Å²) < 4.78 is 5.61. The average molecular weight is 287 g/mol. The molecule has 2 N–H and O–H groups in total. The van der Waals surface area contributed by atoms with E-state index in [-0.39, 0.29) is 6.04 Å². The molecule has 0 aliphatic heterocycles. The van der Waals surface area contributed by atoms with E-state index in [1.807, 2.05) is 13.0 Å². The van der Waals surface area contributed by atoms with E-state index in [1.54, 1.807) is 0 Å². The normalized spacial score (nSPS) is 30.5. The predicted octanol–water partition coefficient (Wildman–Crippen LogP) is 4.69. The van der Waals surface area contributed by atoms with Gasteiger partial charge in [0.25, 0.3) is 0 Å². The third-order valence-corrected chi connectivity index (χ3v) is 5.64. The Balaban J connectivity index is 1.67. The van der Waals surface area contributed by atoms with E-state index in [0.29, 0.717) is 12.5 Å². The van der Waals surface area contributed by atoms with Crippen LogP contribution < -0.4 is 10.5 Å². The zero-order chi connectivity index (χ0) is 14.7. The molecule has 1 aromatic carbocycles. The Kier molecular flexibility index (Phi) is 4.84. The van der Waals surface area contributed by atoms with Crippen molar-refractivity contribution in [2.75, 3.05) is 6.61 Å². The Hall–Kier alpha value is -1.02. The monoisotopic (exact) mass is 287 g/mol. The summed E-state index contributed by atoms with van der Waals surface area (Å²) in [4.78, 5) is 0. The van der Waals surface area contributed by atoms with E-state index in [2.05, 4.69) is 18.2 Å². The molecule has 2 aliphatic rings. The molecule has 4 unspecified atom stereocenters. The Morgan fingerprint density at radius 1 is 1.14 bits per heavy atom. The molecule has 0 aromatic heterocycles. The fourth-order valence-electron chi connectivity index (χ4n) is 4.49. The van der Waals surface area contributed by atoms with Crippen molar-refractivity contribution in [3.8, 4) is 5.75 Å². The zero-order valence-corrected chi connectivity index (χ0v) is 13.3. The summed E-state index contributed by atoms with van der Waals surface area (Å²) in [5, 5.41) is 0. The Labute approximate surface area is 129 Å². The van der Waals surface area contributed by atoms with Crippen molar-refractivity contribution in [3.05, 3.63) is 29.8 Å². The second kappa shape index (κ2) is 6.83. The van der Waals surface area contributed by atoms with Gasteiger partial charge in [-0.25, -0.2) is 0 Å². The van der Waals surface area contributed by atoms with Crippen molar-refractivity contribution >= 4 is 0 Å². The van der Waals surface area contributed by atoms with E-state index in [9.17, 15) is 0 Å². The average Bonchev–Trinajstić information content (AvgIpc) is 2.54. The molecule has 2 heteroatoms. The molecule has 1 aromatic rings. The SMILES string of the molecule is CCOc1cccc(C(N)C2CCC3CCCCC3C2)c1. The minimum Gasteiger partial charge on any atom is -0.494 e. The van der Waals surface area contributed by atoms with Crippen molar-refractivity contribution in [2.24, 2.45) is 23.5 Å².